The summed E-state index contributed by atoms with van der Waals surface area (Å²) in [5.74, 6) is 8.34. The number of nitrogen functional groups attached to an aromatic ring is 1. The molecule has 5 nitrogen and oxygen atoms in total. The van der Waals surface area contributed by atoms with Gasteiger partial charge >= 0.3 is 0 Å². The molecule has 3 N–H and O–H groups in total. The van der Waals surface area contributed by atoms with Crippen LogP contribution in [0.5, 0.6) is 11.6 Å². The Hall–Kier alpha value is -1.85. The van der Waals surface area contributed by atoms with Crippen molar-refractivity contribution in [1.82, 2.24) is 9.97 Å². The van der Waals surface area contributed by atoms with Gasteiger partial charge in [0.15, 0.2) is 0 Å². The standard InChI is InChI=1S/C14H15ClN4O/c1-8-2-5-10(15)6-11(8)20-13-7-12(19-16)17-14(18-13)9-3-4-9/h2,5-7,9H,3-4,16H2,1H3,(H,17,18,19). The van der Waals surface area contributed by atoms with Crippen molar-refractivity contribution < 1.29 is 4.74 Å². The number of anilines is 1. The Morgan fingerprint density at radius 1 is 1.30 bits per heavy atom. The van der Waals surface area contributed by atoms with Crippen molar-refractivity contribution in [1.29, 1.82) is 0 Å². The molecule has 1 aliphatic carbocycles. The van der Waals surface area contributed by atoms with Crippen LogP contribution < -0.4 is 16.0 Å². The lowest BCUT2D eigenvalue weighted by Crippen LogP contribution is -2.10. The second-order valence-electron chi connectivity index (χ2n) is 4.88. The van der Waals surface area contributed by atoms with Gasteiger partial charge in [-0.1, -0.05) is 17.7 Å². The average Bonchev–Trinajstić information content (AvgIpc) is 3.27. The molecule has 1 heterocycles. The van der Waals surface area contributed by atoms with Gasteiger partial charge in [0.25, 0.3) is 0 Å². The Morgan fingerprint density at radius 3 is 2.80 bits per heavy atom. The van der Waals surface area contributed by atoms with Crippen molar-refractivity contribution in [3.8, 4) is 11.6 Å². The van der Waals surface area contributed by atoms with Crippen LogP contribution in [0.3, 0.4) is 0 Å². The molecule has 0 saturated heterocycles. The maximum atomic E-state index is 5.99. The number of rotatable bonds is 4. The lowest BCUT2D eigenvalue weighted by molar-refractivity contribution is 0.455. The fourth-order valence-corrected chi connectivity index (χ4v) is 2.05. The molecule has 20 heavy (non-hydrogen) atoms. The number of hydrogen-bond acceptors (Lipinski definition) is 5. The third kappa shape index (κ3) is 2.84. The van der Waals surface area contributed by atoms with E-state index in [-0.39, 0.29) is 0 Å². The van der Waals surface area contributed by atoms with E-state index in [1.807, 2.05) is 19.1 Å². The number of benzene rings is 1. The zero-order valence-electron chi connectivity index (χ0n) is 11.1. The molecule has 0 spiro atoms. The molecule has 1 aliphatic rings. The second-order valence-corrected chi connectivity index (χ2v) is 5.32. The highest BCUT2D eigenvalue weighted by Gasteiger charge is 2.27. The summed E-state index contributed by atoms with van der Waals surface area (Å²) >= 11 is 5.99. The van der Waals surface area contributed by atoms with E-state index in [0.29, 0.717) is 28.4 Å². The predicted molar refractivity (Wildman–Crippen MR) is 78.1 cm³/mol. The largest absolute Gasteiger partial charge is 0.439 e. The number of aryl methyl sites for hydroxylation is 1. The molecule has 1 aromatic carbocycles. The molecular weight excluding hydrogens is 276 g/mol. The van der Waals surface area contributed by atoms with E-state index < -0.39 is 0 Å². The molecule has 6 heteroatoms. The first-order chi connectivity index (χ1) is 9.65. The molecule has 0 amide bonds. The Bertz CT molecular complexity index is 643. The summed E-state index contributed by atoms with van der Waals surface area (Å²) in [6.07, 6.45) is 2.23. The Morgan fingerprint density at radius 2 is 2.10 bits per heavy atom. The number of hydrazine groups is 1. The summed E-state index contributed by atoms with van der Waals surface area (Å²) in [4.78, 5) is 8.78. The zero-order chi connectivity index (χ0) is 14.1. The van der Waals surface area contributed by atoms with E-state index in [9.17, 15) is 0 Å². The topological polar surface area (TPSA) is 73.1 Å². The summed E-state index contributed by atoms with van der Waals surface area (Å²) in [7, 11) is 0. The van der Waals surface area contributed by atoms with E-state index in [1.165, 1.54) is 0 Å². The smallest absolute Gasteiger partial charge is 0.224 e. The summed E-state index contributed by atoms with van der Waals surface area (Å²) in [6, 6.07) is 7.17. The van der Waals surface area contributed by atoms with Crippen molar-refractivity contribution >= 4 is 17.4 Å². The number of halogens is 1. The van der Waals surface area contributed by atoms with Crippen LogP contribution in [0.2, 0.25) is 5.02 Å². The fraction of sp³-hybridized carbons (Fsp3) is 0.286. The summed E-state index contributed by atoms with van der Waals surface area (Å²) in [5.41, 5.74) is 3.53. The molecule has 0 aliphatic heterocycles. The Kier molecular flexibility index (Phi) is 3.46. The van der Waals surface area contributed by atoms with Gasteiger partial charge in [0.1, 0.15) is 17.4 Å². The molecule has 0 atom stereocenters. The average molecular weight is 291 g/mol. The number of nitrogens with one attached hydrogen (secondary N) is 1. The number of nitrogens with zero attached hydrogens (tertiary/aromatic N) is 2. The highest BCUT2D eigenvalue weighted by Crippen LogP contribution is 2.39. The van der Waals surface area contributed by atoms with Gasteiger partial charge < -0.3 is 10.2 Å². The summed E-state index contributed by atoms with van der Waals surface area (Å²) < 4.78 is 5.82. The number of ether oxygens (including phenoxy) is 1. The first-order valence-electron chi connectivity index (χ1n) is 6.45. The quantitative estimate of drug-likeness (QED) is 0.667. The van der Waals surface area contributed by atoms with Crippen LogP contribution in [0.4, 0.5) is 5.82 Å². The van der Waals surface area contributed by atoms with E-state index >= 15 is 0 Å². The molecule has 104 valence electrons. The second kappa shape index (κ2) is 5.26. The molecular formula is C14H15ClN4O. The molecule has 1 aromatic heterocycles. The van der Waals surface area contributed by atoms with Crippen LogP contribution in [-0.2, 0) is 0 Å². The SMILES string of the molecule is Cc1ccc(Cl)cc1Oc1cc(NN)nc(C2CC2)n1. The van der Waals surface area contributed by atoms with Crippen LogP contribution >= 0.6 is 11.6 Å². The highest BCUT2D eigenvalue weighted by molar-refractivity contribution is 6.30. The van der Waals surface area contributed by atoms with Crippen LogP contribution in [0, 0.1) is 6.92 Å². The summed E-state index contributed by atoms with van der Waals surface area (Å²) in [5, 5.41) is 0.624. The normalized spacial score (nSPS) is 14.2. The van der Waals surface area contributed by atoms with E-state index in [1.54, 1.807) is 12.1 Å². The van der Waals surface area contributed by atoms with Crippen molar-refractivity contribution in [2.45, 2.75) is 25.7 Å². The molecule has 0 unspecified atom stereocenters. The number of nitrogens with two attached hydrogens (primary N) is 1. The third-order valence-corrected chi connectivity index (χ3v) is 3.41. The lowest BCUT2D eigenvalue weighted by Gasteiger charge is -2.10. The van der Waals surface area contributed by atoms with Gasteiger partial charge in [-0.05, 0) is 37.5 Å². The molecule has 0 radical (unpaired) electrons. The molecule has 2 aromatic rings. The van der Waals surface area contributed by atoms with Crippen LogP contribution in [0.15, 0.2) is 24.3 Å². The van der Waals surface area contributed by atoms with E-state index in [4.69, 9.17) is 22.2 Å². The first-order valence-corrected chi connectivity index (χ1v) is 6.83. The predicted octanol–water partition coefficient (Wildman–Crippen LogP) is 3.39. The van der Waals surface area contributed by atoms with Gasteiger partial charge in [-0.25, -0.2) is 10.8 Å². The van der Waals surface area contributed by atoms with Gasteiger partial charge in [-0.2, -0.15) is 4.98 Å². The fourth-order valence-electron chi connectivity index (χ4n) is 1.89. The van der Waals surface area contributed by atoms with E-state index in [2.05, 4.69) is 15.4 Å². The molecule has 1 fully saturated rings. The van der Waals surface area contributed by atoms with Crippen LogP contribution in [0.25, 0.3) is 0 Å². The van der Waals surface area contributed by atoms with Gasteiger partial charge in [0, 0.05) is 17.0 Å². The molecule has 0 bridgehead atoms. The highest BCUT2D eigenvalue weighted by atomic mass is 35.5. The minimum absolute atomic E-state index is 0.422. The van der Waals surface area contributed by atoms with Crippen molar-refractivity contribution in [3.63, 3.8) is 0 Å². The monoisotopic (exact) mass is 290 g/mol. The maximum absolute atomic E-state index is 5.99. The molecule has 3 rings (SSSR count). The van der Waals surface area contributed by atoms with Crippen LogP contribution in [0.1, 0.15) is 30.1 Å². The minimum Gasteiger partial charge on any atom is -0.439 e. The van der Waals surface area contributed by atoms with E-state index in [0.717, 1.165) is 24.2 Å². The van der Waals surface area contributed by atoms with Gasteiger partial charge in [0.2, 0.25) is 5.88 Å². The number of hydrogen-bond donors (Lipinski definition) is 2. The Balaban J connectivity index is 1.93. The minimum atomic E-state index is 0.422. The Labute approximate surface area is 122 Å². The maximum Gasteiger partial charge on any atom is 0.224 e. The van der Waals surface area contributed by atoms with Gasteiger partial charge in [0.05, 0.1) is 0 Å². The summed E-state index contributed by atoms with van der Waals surface area (Å²) in [6.45, 7) is 1.96. The lowest BCUT2D eigenvalue weighted by atomic mass is 10.2. The van der Waals surface area contributed by atoms with Crippen LogP contribution in [-0.4, -0.2) is 9.97 Å². The first kappa shape index (κ1) is 13.1. The third-order valence-electron chi connectivity index (χ3n) is 3.18. The van der Waals surface area contributed by atoms with Crippen molar-refractivity contribution in [2.24, 2.45) is 5.84 Å². The molecule has 1 saturated carbocycles. The van der Waals surface area contributed by atoms with Crippen molar-refractivity contribution in [2.75, 3.05) is 5.43 Å². The number of aromatic nitrogens is 2. The van der Waals surface area contributed by atoms with Gasteiger partial charge in [-0.15, -0.1) is 0 Å². The van der Waals surface area contributed by atoms with Crippen molar-refractivity contribution in [3.05, 3.63) is 40.7 Å². The van der Waals surface area contributed by atoms with Gasteiger partial charge in [-0.3, -0.25) is 0 Å². The zero-order valence-corrected chi connectivity index (χ0v) is 11.8.